The maximum atomic E-state index is 13.7. The number of methoxy groups -OCH3 is 1. The number of hydrogen-bond acceptors (Lipinski definition) is 5. The summed E-state index contributed by atoms with van der Waals surface area (Å²) >= 11 is 0. The minimum Gasteiger partial charge on any atom is -0.507 e. The molecule has 0 aromatic heterocycles. The van der Waals surface area contributed by atoms with Crippen LogP contribution in [0, 0.1) is 5.82 Å². The molecule has 1 amide bonds. The van der Waals surface area contributed by atoms with E-state index < -0.39 is 23.5 Å². The molecule has 186 valence electrons. The Hall–Kier alpha value is -4.13. The van der Waals surface area contributed by atoms with Crippen LogP contribution in [0.2, 0.25) is 0 Å². The van der Waals surface area contributed by atoms with Crippen LogP contribution in [0.3, 0.4) is 0 Å². The number of aliphatic hydroxyl groups excluding tert-OH is 1. The van der Waals surface area contributed by atoms with Gasteiger partial charge in [-0.1, -0.05) is 32.0 Å². The molecule has 1 heterocycles. The van der Waals surface area contributed by atoms with Crippen molar-refractivity contribution in [2.24, 2.45) is 0 Å². The molecule has 6 nitrogen and oxygen atoms in total. The Morgan fingerprint density at radius 2 is 1.78 bits per heavy atom. The normalized spacial score (nSPS) is 17.1. The third-order valence-corrected chi connectivity index (χ3v) is 6.17. The highest BCUT2D eigenvalue weighted by Crippen LogP contribution is 2.43. The van der Waals surface area contributed by atoms with Crippen molar-refractivity contribution in [3.05, 3.63) is 94.8 Å². The molecule has 0 spiro atoms. The quantitative estimate of drug-likeness (QED) is 0.251. The first-order chi connectivity index (χ1) is 17.3. The maximum Gasteiger partial charge on any atom is 0.300 e. The topological polar surface area (TPSA) is 76.1 Å². The lowest BCUT2D eigenvalue weighted by atomic mass is 9.93. The SMILES string of the molecule is CCOc1ccc(/C(O)=C2/C(=O)C(=O)N(c3cccc(OC)c3)C2c2ccc(F)cc2)cc1C(C)C. The van der Waals surface area contributed by atoms with E-state index >= 15 is 0 Å². The first-order valence-electron chi connectivity index (χ1n) is 11.7. The fourth-order valence-electron chi connectivity index (χ4n) is 4.41. The van der Waals surface area contributed by atoms with E-state index in [4.69, 9.17) is 9.47 Å². The number of hydrogen-bond donors (Lipinski definition) is 1. The zero-order chi connectivity index (χ0) is 26.0. The van der Waals surface area contributed by atoms with Crippen LogP contribution in [0.5, 0.6) is 11.5 Å². The van der Waals surface area contributed by atoms with E-state index in [2.05, 4.69) is 0 Å². The van der Waals surface area contributed by atoms with Crippen molar-refractivity contribution in [3.63, 3.8) is 0 Å². The Balaban J connectivity index is 1.93. The number of benzene rings is 3. The largest absolute Gasteiger partial charge is 0.507 e. The molecule has 0 bridgehead atoms. The van der Waals surface area contributed by atoms with Crippen molar-refractivity contribution in [2.45, 2.75) is 32.7 Å². The molecule has 3 aromatic carbocycles. The third kappa shape index (κ3) is 4.56. The van der Waals surface area contributed by atoms with Gasteiger partial charge in [-0.3, -0.25) is 14.5 Å². The summed E-state index contributed by atoms with van der Waals surface area (Å²) < 4.78 is 24.8. The lowest BCUT2D eigenvalue weighted by Crippen LogP contribution is -2.29. The highest BCUT2D eigenvalue weighted by Gasteiger charge is 2.47. The summed E-state index contributed by atoms with van der Waals surface area (Å²) in [6.07, 6.45) is 0. The molecule has 1 aliphatic rings. The smallest absolute Gasteiger partial charge is 0.300 e. The Kier molecular flexibility index (Phi) is 7.10. The molecule has 1 saturated heterocycles. The van der Waals surface area contributed by atoms with Gasteiger partial charge in [0.05, 0.1) is 25.3 Å². The monoisotopic (exact) mass is 489 g/mol. The van der Waals surface area contributed by atoms with Crippen molar-refractivity contribution in [1.29, 1.82) is 0 Å². The van der Waals surface area contributed by atoms with E-state index in [0.29, 0.717) is 34.9 Å². The zero-order valence-corrected chi connectivity index (χ0v) is 20.6. The zero-order valence-electron chi connectivity index (χ0n) is 20.6. The predicted molar refractivity (Wildman–Crippen MR) is 136 cm³/mol. The molecule has 1 fully saturated rings. The predicted octanol–water partition coefficient (Wildman–Crippen LogP) is 5.98. The van der Waals surface area contributed by atoms with Crippen LogP contribution in [0.1, 0.15) is 49.4 Å². The summed E-state index contributed by atoms with van der Waals surface area (Å²) in [7, 11) is 1.50. The molecule has 4 rings (SSSR count). The molecule has 0 saturated carbocycles. The van der Waals surface area contributed by atoms with Crippen molar-refractivity contribution < 1.29 is 28.6 Å². The van der Waals surface area contributed by atoms with Gasteiger partial charge in [-0.05, 0) is 66.4 Å². The first kappa shape index (κ1) is 25.0. The van der Waals surface area contributed by atoms with Gasteiger partial charge in [-0.2, -0.15) is 0 Å². The summed E-state index contributed by atoms with van der Waals surface area (Å²) in [5.41, 5.74) is 2.07. The van der Waals surface area contributed by atoms with Crippen LogP contribution in [0.15, 0.2) is 72.3 Å². The number of halogens is 1. The van der Waals surface area contributed by atoms with Gasteiger partial charge >= 0.3 is 0 Å². The Bertz CT molecular complexity index is 1330. The molecule has 0 aliphatic carbocycles. The highest BCUT2D eigenvalue weighted by atomic mass is 19.1. The number of rotatable bonds is 7. The summed E-state index contributed by atoms with van der Waals surface area (Å²) in [6.45, 7) is 6.38. The third-order valence-electron chi connectivity index (χ3n) is 6.17. The minimum atomic E-state index is -0.966. The van der Waals surface area contributed by atoms with Crippen LogP contribution in [-0.2, 0) is 9.59 Å². The van der Waals surface area contributed by atoms with Crippen LogP contribution in [0.4, 0.5) is 10.1 Å². The Morgan fingerprint density at radius 1 is 1.06 bits per heavy atom. The van der Waals surface area contributed by atoms with Crippen molar-refractivity contribution in [3.8, 4) is 11.5 Å². The fraction of sp³-hybridized carbons (Fsp3) is 0.241. The maximum absolute atomic E-state index is 13.7. The molecule has 1 aliphatic heterocycles. The molecular weight excluding hydrogens is 461 g/mol. The van der Waals surface area contributed by atoms with E-state index in [1.165, 1.54) is 36.3 Å². The van der Waals surface area contributed by atoms with Gasteiger partial charge in [0.2, 0.25) is 0 Å². The van der Waals surface area contributed by atoms with Crippen LogP contribution in [0.25, 0.3) is 5.76 Å². The Labute approximate surface area is 209 Å². The molecular formula is C29H28FNO5. The highest BCUT2D eigenvalue weighted by molar-refractivity contribution is 6.51. The summed E-state index contributed by atoms with van der Waals surface area (Å²) in [4.78, 5) is 28.0. The second-order valence-electron chi connectivity index (χ2n) is 8.76. The van der Waals surface area contributed by atoms with Crippen LogP contribution < -0.4 is 14.4 Å². The average Bonchev–Trinajstić information content (AvgIpc) is 3.14. The van der Waals surface area contributed by atoms with E-state index in [9.17, 15) is 19.1 Å². The van der Waals surface area contributed by atoms with E-state index in [1.807, 2.05) is 20.8 Å². The number of anilines is 1. The van der Waals surface area contributed by atoms with Gasteiger partial charge < -0.3 is 14.6 Å². The van der Waals surface area contributed by atoms with Gasteiger partial charge in [-0.25, -0.2) is 4.39 Å². The summed E-state index contributed by atoms with van der Waals surface area (Å²) in [6, 6.07) is 16.5. The number of Topliss-reactive ketones (excluding diaryl/α,β-unsaturated/α-hetero) is 1. The molecule has 7 heteroatoms. The Morgan fingerprint density at radius 3 is 2.42 bits per heavy atom. The second-order valence-corrected chi connectivity index (χ2v) is 8.76. The molecule has 1 atom stereocenters. The minimum absolute atomic E-state index is 0.0757. The lowest BCUT2D eigenvalue weighted by Gasteiger charge is -2.26. The number of carbonyl (C=O) groups is 2. The fourth-order valence-corrected chi connectivity index (χ4v) is 4.41. The lowest BCUT2D eigenvalue weighted by molar-refractivity contribution is -0.132. The van der Waals surface area contributed by atoms with Crippen molar-refractivity contribution in [1.82, 2.24) is 0 Å². The first-order valence-corrected chi connectivity index (χ1v) is 11.7. The van der Waals surface area contributed by atoms with E-state index in [0.717, 1.165) is 5.56 Å². The molecule has 3 aromatic rings. The van der Waals surface area contributed by atoms with Gasteiger partial charge in [0.25, 0.3) is 11.7 Å². The van der Waals surface area contributed by atoms with Crippen molar-refractivity contribution >= 4 is 23.1 Å². The number of nitrogens with zero attached hydrogens (tertiary/aromatic N) is 1. The number of ether oxygens (including phenoxy) is 2. The average molecular weight is 490 g/mol. The van der Waals surface area contributed by atoms with E-state index in [1.54, 1.807) is 42.5 Å². The second kappa shape index (κ2) is 10.2. The number of carbonyl (C=O) groups excluding carboxylic acids is 2. The standard InChI is InChI=1S/C29H28FNO5/c1-5-36-24-14-11-19(15-23(24)17(2)3)27(32)25-26(18-9-12-20(30)13-10-18)31(29(34)28(25)33)21-7-6-8-22(16-21)35-4/h6-17,26,32H,5H2,1-4H3/b27-25-. The number of aliphatic hydroxyl groups is 1. The molecule has 0 radical (unpaired) electrons. The molecule has 36 heavy (non-hydrogen) atoms. The molecule has 1 unspecified atom stereocenters. The van der Waals surface area contributed by atoms with Crippen LogP contribution in [-0.4, -0.2) is 30.5 Å². The van der Waals surface area contributed by atoms with Gasteiger partial charge in [0.1, 0.15) is 23.1 Å². The van der Waals surface area contributed by atoms with Gasteiger partial charge in [-0.15, -0.1) is 0 Å². The summed E-state index contributed by atoms with van der Waals surface area (Å²) in [5, 5.41) is 11.4. The van der Waals surface area contributed by atoms with Gasteiger partial charge in [0, 0.05) is 17.3 Å². The molecule has 1 N–H and O–H groups in total. The summed E-state index contributed by atoms with van der Waals surface area (Å²) in [5.74, 6) is -1.11. The van der Waals surface area contributed by atoms with E-state index in [-0.39, 0.29) is 17.3 Å². The van der Waals surface area contributed by atoms with Gasteiger partial charge in [0.15, 0.2) is 0 Å². The van der Waals surface area contributed by atoms with Crippen molar-refractivity contribution in [2.75, 3.05) is 18.6 Å². The number of ketones is 1. The number of amides is 1. The van der Waals surface area contributed by atoms with Crippen LogP contribution >= 0.6 is 0 Å².